The van der Waals surface area contributed by atoms with Crippen molar-refractivity contribution in [1.82, 2.24) is 19.9 Å². The zero-order chi connectivity index (χ0) is 17.5. The van der Waals surface area contributed by atoms with Crippen molar-refractivity contribution in [3.05, 3.63) is 58.1 Å². The van der Waals surface area contributed by atoms with E-state index in [0.717, 1.165) is 43.9 Å². The maximum absolute atomic E-state index is 11.6. The fourth-order valence-electron chi connectivity index (χ4n) is 4.05. The molecule has 5 rings (SSSR count). The molecule has 1 unspecified atom stereocenters. The highest BCUT2D eigenvalue weighted by molar-refractivity contribution is 5.85. The molecule has 7 heteroatoms. The minimum absolute atomic E-state index is 0.145. The molecule has 0 aliphatic carbocycles. The number of rotatable bonds is 3. The quantitative estimate of drug-likeness (QED) is 0.747. The number of benzene rings is 1. The topological polar surface area (TPSA) is 77.2 Å². The molecule has 2 aliphatic heterocycles. The highest BCUT2D eigenvalue weighted by Gasteiger charge is 2.27. The van der Waals surface area contributed by atoms with Gasteiger partial charge in [-0.1, -0.05) is 24.3 Å². The fourth-order valence-corrected chi connectivity index (χ4v) is 4.05. The van der Waals surface area contributed by atoms with Crippen LogP contribution in [-0.4, -0.2) is 52.2 Å². The molecule has 26 heavy (non-hydrogen) atoms. The van der Waals surface area contributed by atoms with E-state index in [2.05, 4.69) is 49.0 Å². The van der Waals surface area contributed by atoms with Crippen LogP contribution in [0.3, 0.4) is 0 Å². The molecule has 0 amide bonds. The zero-order valence-electron chi connectivity index (χ0n) is 14.4. The number of aromatic amines is 2. The maximum Gasteiger partial charge on any atom is 0.325 e. The molecule has 0 saturated carbocycles. The number of H-pyrrole nitrogens is 2. The Kier molecular flexibility index (Phi) is 3.76. The number of aromatic nitrogens is 3. The molecular weight excluding hydrogens is 330 g/mol. The smallest absolute Gasteiger partial charge is 0.325 e. The first kappa shape index (κ1) is 15.6. The molecule has 2 N–H and O–H groups in total. The van der Waals surface area contributed by atoms with Crippen molar-refractivity contribution >= 4 is 16.9 Å². The van der Waals surface area contributed by atoms with Crippen LogP contribution >= 0.6 is 0 Å². The van der Waals surface area contributed by atoms with Gasteiger partial charge in [0.25, 0.3) is 0 Å². The molecule has 0 bridgehead atoms. The number of morpholine rings is 1. The first-order chi connectivity index (χ1) is 12.8. The van der Waals surface area contributed by atoms with Gasteiger partial charge in [0.05, 0.1) is 18.4 Å². The van der Waals surface area contributed by atoms with E-state index in [9.17, 15) is 4.79 Å². The van der Waals surface area contributed by atoms with E-state index in [-0.39, 0.29) is 11.8 Å². The summed E-state index contributed by atoms with van der Waals surface area (Å²) in [5.74, 6) is 0. The number of hydrogen-bond acceptors (Lipinski definition) is 5. The van der Waals surface area contributed by atoms with Crippen LogP contribution in [0, 0.1) is 0 Å². The third-order valence-electron chi connectivity index (χ3n) is 5.25. The van der Waals surface area contributed by atoms with E-state index in [1.54, 1.807) is 6.20 Å². The van der Waals surface area contributed by atoms with Crippen molar-refractivity contribution in [2.75, 3.05) is 31.1 Å². The second-order valence-electron chi connectivity index (χ2n) is 7.01. The molecule has 0 radical (unpaired) electrons. The fraction of sp³-hybridized carbons (Fsp3) is 0.368. The summed E-state index contributed by atoms with van der Waals surface area (Å²) >= 11 is 0. The lowest BCUT2D eigenvalue weighted by molar-refractivity contribution is 0.0149. The predicted molar refractivity (Wildman–Crippen MR) is 99.2 cm³/mol. The largest absolute Gasteiger partial charge is 0.373 e. The van der Waals surface area contributed by atoms with Gasteiger partial charge < -0.3 is 14.6 Å². The Labute approximate surface area is 150 Å². The van der Waals surface area contributed by atoms with Crippen molar-refractivity contribution in [3.8, 4) is 0 Å². The maximum atomic E-state index is 11.6. The summed E-state index contributed by atoms with van der Waals surface area (Å²) in [6.45, 7) is 5.18. The lowest BCUT2D eigenvalue weighted by Crippen LogP contribution is -2.47. The number of nitrogens with zero attached hydrogens (tertiary/aromatic N) is 3. The van der Waals surface area contributed by atoms with Crippen molar-refractivity contribution in [2.24, 2.45) is 0 Å². The monoisotopic (exact) mass is 351 g/mol. The molecule has 1 saturated heterocycles. The molecule has 1 atom stereocenters. The van der Waals surface area contributed by atoms with Gasteiger partial charge in [-0.3, -0.25) is 9.88 Å². The van der Waals surface area contributed by atoms with Crippen LogP contribution in [0.2, 0.25) is 0 Å². The first-order valence-corrected chi connectivity index (χ1v) is 8.99. The summed E-state index contributed by atoms with van der Waals surface area (Å²) < 4.78 is 6.03. The average molecular weight is 351 g/mol. The Balaban J connectivity index is 1.32. The lowest BCUT2D eigenvalue weighted by Gasteiger charge is -2.36. The Morgan fingerprint density at radius 2 is 1.96 bits per heavy atom. The summed E-state index contributed by atoms with van der Waals surface area (Å²) in [5, 5.41) is 0. The molecule has 2 aromatic heterocycles. The van der Waals surface area contributed by atoms with Gasteiger partial charge in [0.1, 0.15) is 5.52 Å². The van der Waals surface area contributed by atoms with Crippen molar-refractivity contribution in [1.29, 1.82) is 0 Å². The van der Waals surface area contributed by atoms with E-state index >= 15 is 0 Å². The second-order valence-corrected chi connectivity index (χ2v) is 7.01. The molecule has 4 heterocycles. The van der Waals surface area contributed by atoms with Crippen LogP contribution < -0.4 is 10.6 Å². The minimum Gasteiger partial charge on any atom is -0.373 e. The van der Waals surface area contributed by atoms with Crippen LogP contribution in [-0.2, 0) is 17.8 Å². The van der Waals surface area contributed by atoms with E-state index in [0.29, 0.717) is 12.3 Å². The summed E-state index contributed by atoms with van der Waals surface area (Å²) in [4.78, 5) is 26.2. The van der Waals surface area contributed by atoms with Gasteiger partial charge in [0.15, 0.2) is 5.65 Å². The molecule has 7 nitrogen and oxygen atoms in total. The number of ether oxygens (including phenoxy) is 1. The number of nitrogens with one attached hydrogen (secondary N) is 2. The standard InChI is InChI=1S/C19H21N5O2/c25-19-21-17-16(5-6-20-18(17)22-19)24-7-8-26-15(12-24)11-23-9-13-3-1-2-4-14(13)10-23/h1-6,15H,7-12H2,(H2,20,21,22,25). The highest BCUT2D eigenvalue weighted by Crippen LogP contribution is 2.26. The second kappa shape index (κ2) is 6.26. The Hall–Kier alpha value is -2.64. The van der Waals surface area contributed by atoms with E-state index in [1.807, 2.05) is 6.07 Å². The number of anilines is 1. The third kappa shape index (κ3) is 2.79. The van der Waals surface area contributed by atoms with Gasteiger partial charge in [0, 0.05) is 38.9 Å². The number of imidazole rings is 1. The summed E-state index contributed by atoms with van der Waals surface area (Å²) in [6.07, 6.45) is 1.88. The van der Waals surface area contributed by atoms with Crippen LogP contribution in [0.5, 0.6) is 0 Å². The minimum atomic E-state index is -0.223. The van der Waals surface area contributed by atoms with Crippen LogP contribution in [0.15, 0.2) is 41.3 Å². The molecule has 1 aromatic carbocycles. The summed E-state index contributed by atoms with van der Waals surface area (Å²) in [6, 6.07) is 10.6. The summed E-state index contributed by atoms with van der Waals surface area (Å²) in [7, 11) is 0. The van der Waals surface area contributed by atoms with Crippen molar-refractivity contribution in [2.45, 2.75) is 19.2 Å². The molecule has 0 spiro atoms. The van der Waals surface area contributed by atoms with Crippen molar-refractivity contribution < 1.29 is 4.74 Å². The Morgan fingerprint density at radius 3 is 2.77 bits per heavy atom. The highest BCUT2D eigenvalue weighted by atomic mass is 16.5. The van der Waals surface area contributed by atoms with Crippen LogP contribution in [0.4, 0.5) is 5.69 Å². The molecule has 134 valence electrons. The third-order valence-corrected chi connectivity index (χ3v) is 5.25. The number of fused-ring (bicyclic) bond motifs is 2. The Bertz CT molecular complexity index is 970. The predicted octanol–water partition coefficient (Wildman–Crippen LogP) is 1.47. The number of pyridine rings is 1. The lowest BCUT2D eigenvalue weighted by atomic mass is 10.1. The zero-order valence-corrected chi connectivity index (χ0v) is 14.4. The van der Waals surface area contributed by atoms with Gasteiger partial charge in [-0.15, -0.1) is 0 Å². The molecule has 3 aromatic rings. The van der Waals surface area contributed by atoms with Gasteiger partial charge >= 0.3 is 5.69 Å². The van der Waals surface area contributed by atoms with Crippen LogP contribution in [0.1, 0.15) is 11.1 Å². The first-order valence-electron chi connectivity index (χ1n) is 8.99. The van der Waals surface area contributed by atoms with Gasteiger partial charge in [-0.05, 0) is 17.2 Å². The SMILES string of the molecule is O=c1[nH]c2nccc(N3CCOC(CN4Cc5ccccc5C4)C3)c2[nH]1. The normalized spacial score (nSPS) is 20.6. The van der Waals surface area contributed by atoms with Gasteiger partial charge in [-0.25, -0.2) is 9.78 Å². The molecule has 1 fully saturated rings. The van der Waals surface area contributed by atoms with E-state index in [1.165, 1.54) is 11.1 Å². The van der Waals surface area contributed by atoms with Crippen molar-refractivity contribution in [3.63, 3.8) is 0 Å². The van der Waals surface area contributed by atoms with Gasteiger partial charge in [0.2, 0.25) is 0 Å². The summed E-state index contributed by atoms with van der Waals surface area (Å²) in [5.41, 5.74) is 4.99. The van der Waals surface area contributed by atoms with Gasteiger partial charge in [-0.2, -0.15) is 0 Å². The number of hydrogen-bond donors (Lipinski definition) is 2. The average Bonchev–Trinajstić information content (AvgIpc) is 3.23. The van der Waals surface area contributed by atoms with E-state index in [4.69, 9.17) is 4.74 Å². The van der Waals surface area contributed by atoms with Crippen LogP contribution in [0.25, 0.3) is 11.2 Å². The Morgan fingerprint density at radius 1 is 1.15 bits per heavy atom. The van der Waals surface area contributed by atoms with E-state index < -0.39 is 0 Å². The molecular formula is C19H21N5O2. The molecule has 2 aliphatic rings.